The van der Waals surface area contributed by atoms with Crippen LogP contribution in [-0.2, 0) is 0 Å². The molecule has 0 saturated carbocycles. The zero-order chi connectivity index (χ0) is 14.8. The monoisotopic (exact) mass is 299 g/mol. The summed E-state index contributed by atoms with van der Waals surface area (Å²) in [5, 5.41) is 13.5. The third kappa shape index (κ3) is 2.78. The van der Waals surface area contributed by atoms with Crippen LogP contribution in [0.5, 0.6) is 0 Å². The van der Waals surface area contributed by atoms with Gasteiger partial charge in [0.2, 0.25) is 0 Å². The molecule has 0 radical (unpaired) electrons. The number of carboxylic acid groups (broad SMARTS) is 1. The smallest absolute Gasteiger partial charge is 0.338 e. The van der Waals surface area contributed by atoms with Crippen molar-refractivity contribution in [1.82, 2.24) is 14.8 Å². The van der Waals surface area contributed by atoms with Gasteiger partial charge in [-0.25, -0.2) is 14.5 Å². The van der Waals surface area contributed by atoms with E-state index in [0.717, 1.165) is 11.1 Å². The summed E-state index contributed by atoms with van der Waals surface area (Å²) < 4.78 is 1.42. The number of aromatic nitrogens is 3. The average molecular weight is 300 g/mol. The predicted octanol–water partition coefficient (Wildman–Crippen LogP) is 3.29. The van der Waals surface area contributed by atoms with Crippen LogP contribution in [0, 0.1) is 0 Å². The number of rotatable bonds is 3. The van der Waals surface area contributed by atoms with E-state index in [1.807, 2.05) is 30.3 Å². The van der Waals surface area contributed by atoms with Crippen LogP contribution in [0.15, 0.2) is 55.0 Å². The first-order valence-corrected chi connectivity index (χ1v) is 6.51. The third-order valence-corrected chi connectivity index (χ3v) is 3.21. The number of hydrogen-bond acceptors (Lipinski definition) is 3. The lowest BCUT2D eigenvalue weighted by Crippen LogP contribution is -1.98. The molecule has 0 aliphatic heterocycles. The van der Waals surface area contributed by atoms with Gasteiger partial charge in [0.25, 0.3) is 0 Å². The molecule has 0 atom stereocenters. The lowest BCUT2D eigenvalue weighted by Gasteiger charge is -2.04. The second kappa shape index (κ2) is 5.38. The van der Waals surface area contributed by atoms with Gasteiger partial charge < -0.3 is 5.11 Å². The first-order chi connectivity index (χ1) is 10.1. The molecule has 0 spiro atoms. The summed E-state index contributed by atoms with van der Waals surface area (Å²) in [7, 11) is 0. The number of hydrogen-bond donors (Lipinski definition) is 1. The first-order valence-electron chi connectivity index (χ1n) is 6.14. The fourth-order valence-corrected chi connectivity index (χ4v) is 2.11. The molecule has 3 aromatic rings. The summed E-state index contributed by atoms with van der Waals surface area (Å²) in [6, 6.07) is 11.1. The van der Waals surface area contributed by atoms with Gasteiger partial charge in [0.15, 0.2) is 5.82 Å². The van der Waals surface area contributed by atoms with Crippen LogP contribution in [0.4, 0.5) is 0 Å². The molecular formula is C15H10ClN3O2. The minimum Gasteiger partial charge on any atom is -0.478 e. The molecule has 0 unspecified atom stereocenters. The van der Waals surface area contributed by atoms with Crippen LogP contribution in [0.2, 0.25) is 5.02 Å². The van der Waals surface area contributed by atoms with Crippen LogP contribution < -0.4 is 0 Å². The molecule has 0 fully saturated rings. The molecule has 2 heterocycles. The van der Waals surface area contributed by atoms with E-state index in [-0.39, 0.29) is 5.56 Å². The molecular weight excluding hydrogens is 290 g/mol. The molecule has 0 aliphatic rings. The minimum absolute atomic E-state index is 0.121. The molecule has 21 heavy (non-hydrogen) atoms. The second-order valence-electron chi connectivity index (χ2n) is 4.39. The highest BCUT2D eigenvalue weighted by molar-refractivity contribution is 6.30. The van der Waals surface area contributed by atoms with Gasteiger partial charge in [0.1, 0.15) is 0 Å². The summed E-state index contributed by atoms with van der Waals surface area (Å²) in [5.74, 6) is -0.468. The molecule has 104 valence electrons. The standard InChI is InChI=1S/C15H10ClN3O2/c16-13-3-1-2-10(6-13)11-4-5-14(17-7-11)19-9-12(8-18-19)15(20)21/h1-9H,(H,20,21). The quantitative estimate of drug-likeness (QED) is 0.806. The highest BCUT2D eigenvalue weighted by Gasteiger charge is 2.08. The van der Waals surface area contributed by atoms with Crippen molar-refractivity contribution in [1.29, 1.82) is 0 Å². The van der Waals surface area contributed by atoms with Crippen molar-refractivity contribution in [2.75, 3.05) is 0 Å². The molecule has 2 aromatic heterocycles. The Bertz CT molecular complexity index is 797. The SMILES string of the molecule is O=C(O)c1cnn(-c2ccc(-c3cccc(Cl)c3)cn2)c1. The van der Waals surface area contributed by atoms with Crippen molar-refractivity contribution in [2.24, 2.45) is 0 Å². The topological polar surface area (TPSA) is 68.0 Å². The first kappa shape index (κ1) is 13.3. The van der Waals surface area contributed by atoms with Gasteiger partial charge in [-0.3, -0.25) is 0 Å². The summed E-state index contributed by atoms with van der Waals surface area (Å²) in [4.78, 5) is 15.1. The van der Waals surface area contributed by atoms with Crippen LogP contribution in [0.25, 0.3) is 16.9 Å². The number of benzene rings is 1. The fourth-order valence-electron chi connectivity index (χ4n) is 1.92. The Hall–Kier alpha value is -2.66. The molecule has 0 aliphatic carbocycles. The Morgan fingerprint density at radius 2 is 2.00 bits per heavy atom. The third-order valence-electron chi connectivity index (χ3n) is 2.97. The van der Waals surface area contributed by atoms with E-state index in [0.29, 0.717) is 10.8 Å². The maximum Gasteiger partial charge on any atom is 0.338 e. The lowest BCUT2D eigenvalue weighted by atomic mass is 10.1. The van der Waals surface area contributed by atoms with Crippen molar-refractivity contribution < 1.29 is 9.90 Å². The Balaban J connectivity index is 1.91. The summed E-state index contributed by atoms with van der Waals surface area (Å²) in [5.41, 5.74) is 2.01. The number of aromatic carboxylic acids is 1. The maximum atomic E-state index is 10.8. The summed E-state index contributed by atoms with van der Waals surface area (Å²) >= 11 is 5.96. The van der Waals surface area contributed by atoms with Gasteiger partial charge in [-0.1, -0.05) is 23.7 Å². The maximum absolute atomic E-state index is 10.8. The van der Waals surface area contributed by atoms with E-state index >= 15 is 0 Å². The van der Waals surface area contributed by atoms with Gasteiger partial charge in [-0.2, -0.15) is 5.10 Å². The van der Waals surface area contributed by atoms with E-state index in [4.69, 9.17) is 16.7 Å². The molecule has 6 heteroatoms. The average Bonchev–Trinajstić information content (AvgIpc) is 2.97. The van der Waals surface area contributed by atoms with Crippen LogP contribution in [0.1, 0.15) is 10.4 Å². The van der Waals surface area contributed by atoms with E-state index in [1.165, 1.54) is 17.1 Å². The largest absolute Gasteiger partial charge is 0.478 e. The Kier molecular flexibility index (Phi) is 3.41. The summed E-state index contributed by atoms with van der Waals surface area (Å²) in [6.07, 6.45) is 4.40. The molecule has 5 nitrogen and oxygen atoms in total. The highest BCUT2D eigenvalue weighted by atomic mass is 35.5. The zero-order valence-electron chi connectivity index (χ0n) is 10.8. The van der Waals surface area contributed by atoms with Crippen LogP contribution in [-0.4, -0.2) is 25.8 Å². The van der Waals surface area contributed by atoms with Crippen molar-refractivity contribution in [3.05, 3.63) is 65.6 Å². The van der Waals surface area contributed by atoms with E-state index < -0.39 is 5.97 Å². The minimum atomic E-state index is -1.02. The number of carbonyl (C=O) groups is 1. The van der Waals surface area contributed by atoms with Crippen molar-refractivity contribution in [3.63, 3.8) is 0 Å². The van der Waals surface area contributed by atoms with Crippen molar-refractivity contribution in [3.8, 4) is 16.9 Å². The summed E-state index contributed by atoms with van der Waals surface area (Å²) in [6.45, 7) is 0. The van der Waals surface area contributed by atoms with Crippen molar-refractivity contribution in [2.45, 2.75) is 0 Å². The zero-order valence-corrected chi connectivity index (χ0v) is 11.5. The fraction of sp³-hybridized carbons (Fsp3) is 0. The van der Waals surface area contributed by atoms with Gasteiger partial charge in [0, 0.05) is 23.0 Å². The van der Waals surface area contributed by atoms with Gasteiger partial charge in [-0.15, -0.1) is 0 Å². The second-order valence-corrected chi connectivity index (χ2v) is 4.83. The molecule has 3 rings (SSSR count). The Labute approximate surface area is 125 Å². The van der Waals surface area contributed by atoms with Crippen LogP contribution >= 0.6 is 11.6 Å². The molecule has 1 aromatic carbocycles. The number of halogens is 1. The predicted molar refractivity (Wildman–Crippen MR) is 78.8 cm³/mol. The molecule has 0 amide bonds. The normalized spacial score (nSPS) is 10.5. The molecule has 0 saturated heterocycles. The highest BCUT2D eigenvalue weighted by Crippen LogP contribution is 2.22. The number of pyridine rings is 1. The van der Waals surface area contributed by atoms with E-state index in [9.17, 15) is 4.79 Å². The van der Waals surface area contributed by atoms with Crippen molar-refractivity contribution >= 4 is 17.6 Å². The Morgan fingerprint density at radius 3 is 2.62 bits per heavy atom. The van der Waals surface area contributed by atoms with Gasteiger partial charge >= 0.3 is 5.97 Å². The molecule has 0 bridgehead atoms. The number of carboxylic acids is 1. The lowest BCUT2D eigenvalue weighted by molar-refractivity contribution is 0.0697. The Morgan fingerprint density at radius 1 is 1.14 bits per heavy atom. The van der Waals surface area contributed by atoms with E-state index in [1.54, 1.807) is 12.3 Å². The van der Waals surface area contributed by atoms with E-state index in [2.05, 4.69) is 10.1 Å². The molecule has 1 N–H and O–H groups in total. The number of nitrogens with zero attached hydrogens (tertiary/aromatic N) is 3. The van der Waals surface area contributed by atoms with Gasteiger partial charge in [-0.05, 0) is 29.8 Å². The van der Waals surface area contributed by atoms with Gasteiger partial charge in [0.05, 0.1) is 11.8 Å². The van der Waals surface area contributed by atoms with Crippen LogP contribution in [0.3, 0.4) is 0 Å².